The van der Waals surface area contributed by atoms with Gasteiger partial charge in [-0.05, 0) is 18.5 Å². The van der Waals surface area contributed by atoms with Crippen LogP contribution >= 0.6 is 11.6 Å². The third kappa shape index (κ3) is 4.38. The fourth-order valence-electron chi connectivity index (χ4n) is 1.14. The van der Waals surface area contributed by atoms with Crippen LogP contribution in [0.15, 0.2) is 24.3 Å². The first-order valence-corrected chi connectivity index (χ1v) is 4.93. The maximum absolute atomic E-state index is 12.3. The zero-order chi connectivity index (χ0) is 11.5. The topological polar surface area (TPSA) is 17.1 Å². The number of aryl methyl sites for hydroxylation is 1. The van der Waals surface area contributed by atoms with Gasteiger partial charge in [0.25, 0.3) is 0 Å². The number of halogens is 3. The quantitative estimate of drug-likeness (QED) is 0.570. The molecule has 0 saturated heterocycles. The summed E-state index contributed by atoms with van der Waals surface area (Å²) in [6, 6.07) is 6.80. The number of hydrogen-bond donors (Lipinski definition) is 0. The van der Waals surface area contributed by atoms with Crippen molar-refractivity contribution in [2.75, 3.05) is 0 Å². The minimum Gasteiger partial charge on any atom is -0.294 e. The second kappa shape index (κ2) is 4.71. The molecule has 0 aromatic heterocycles. The molecule has 0 aliphatic carbocycles. The number of hydrogen-bond acceptors (Lipinski definition) is 1. The predicted octanol–water partition coefficient (Wildman–Crippen LogP) is 3.79. The van der Waals surface area contributed by atoms with E-state index in [0.717, 1.165) is 5.56 Å². The van der Waals surface area contributed by atoms with Crippen LogP contribution < -0.4 is 0 Å². The van der Waals surface area contributed by atoms with E-state index in [2.05, 4.69) is 0 Å². The SMILES string of the molecule is Cc1ccc(C(=O)CCC(F)(F)Cl)cc1. The number of carbonyl (C=O) groups excluding carboxylic acids is 1. The third-order valence-corrected chi connectivity index (χ3v) is 2.20. The number of benzene rings is 1. The van der Waals surface area contributed by atoms with Gasteiger partial charge in [-0.3, -0.25) is 4.79 Å². The summed E-state index contributed by atoms with van der Waals surface area (Å²) in [6.07, 6.45) is -0.860. The molecule has 1 nitrogen and oxygen atoms in total. The Hall–Kier alpha value is -0.960. The molecule has 15 heavy (non-hydrogen) atoms. The molecule has 0 saturated carbocycles. The minimum absolute atomic E-state index is 0.237. The van der Waals surface area contributed by atoms with Gasteiger partial charge in [-0.15, -0.1) is 0 Å². The van der Waals surface area contributed by atoms with E-state index >= 15 is 0 Å². The van der Waals surface area contributed by atoms with Gasteiger partial charge < -0.3 is 0 Å². The van der Waals surface area contributed by atoms with Crippen LogP contribution in [0.4, 0.5) is 8.78 Å². The lowest BCUT2D eigenvalue weighted by molar-refractivity contribution is 0.0735. The second-order valence-corrected chi connectivity index (χ2v) is 3.96. The van der Waals surface area contributed by atoms with Crippen molar-refractivity contribution in [3.8, 4) is 0 Å². The van der Waals surface area contributed by atoms with Crippen LogP contribution in [0.1, 0.15) is 28.8 Å². The highest BCUT2D eigenvalue weighted by atomic mass is 35.5. The largest absolute Gasteiger partial charge is 0.322 e. The summed E-state index contributed by atoms with van der Waals surface area (Å²) in [5.74, 6) is -0.310. The number of alkyl halides is 3. The van der Waals surface area contributed by atoms with Crippen molar-refractivity contribution in [1.29, 1.82) is 0 Å². The summed E-state index contributed by atoms with van der Waals surface area (Å²) < 4.78 is 24.6. The van der Waals surface area contributed by atoms with Crippen LogP contribution in [-0.2, 0) is 0 Å². The van der Waals surface area contributed by atoms with E-state index < -0.39 is 11.8 Å². The fraction of sp³-hybridized carbons (Fsp3) is 0.364. The van der Waals surface area contributed by atoms with Crippen LogP contribution in [0.5, 0.6) is 0 Å². The Bertz CT molecular complexity index is 341. The molecule has 0 N–H and O–H groups in total. The first-order valence-electron chi connectivity index (χ1n) is 4.55. The number of ketones is 1. The fourth-order valence-corrected chi connectivity index (χ4v) is 1.23. The minimum atomic E-state index is -3.29. The molecule has 1 aromatic carbocycles. The maximum atomic E-state index is 12.3. The van der Waals surface area contributed by atoms with Gasteiger partial charge in [-0.25, -0.2) is 0 Å². The van der Waals surface area contributed by atoms with Gasteiger partial charge in [-0.2, -0.15) is 8.78 Å². The van der Waals surface area contributed by atoms with E-state index in [1.807, 2.05) is 6.92 Å². The lowest BCUT2D eigenvalue weighted by Gasteiger charge is -2.06. The summed E-state index contributed by atoms with van der Waals surface area (Å²) in [5.41, 5.74) is 1.47. The van der Waals surface area contributed by atoms with E-state index in [1.54, 1.807) is 24.3 Å². The molecule has 0 amide bonds. The van der Waals surface area contributed by atoms with E-state index in [4.69, 9.17) is 11.6 Å². The summed E-state index contributed by atoms with van der Waals surface area (Å²) in [6.45, 7) is 1.89. The third-order valence-electron chi connectivity index (χ3n) is 2.01. The van der Waals surface area contributed by atoms with Crippen LogP contribution in [0, 0.1) is 6.92 Å². The second-order valence-electron chi connectivity index (χ2n) is 3.40. The molecule has 0 atom stereocenters. The van der Waals surface area contributed by atoms with E-state index in [1.165, 1.54) is 0 Å². The van der Waals surface area contributed by atoms with E-state index in [9.17, 15) is 13.6 Å². The van der Waals surface area contributed by atoms with Crippen molar-refractivity contribution in [3.05, 3.63) is 35.4 Å². The lowest BCUT2D eigenvalue weighted by Crippen LogP contribution is -2.09. The van der Waals surface area contributed by atoms with Crippen molar-refractivity contribution >= 4 is 17.4 Å². The van der Waals surface area contributed by atoms with Crippen molar-refractivity contribution in [2.45, 2.75) is 25.1 Å². The van der Waals surface area contributed by atoms with Crippen molar-refractivity contribution in [3.63, 3.8) is 0 Å². The normalized spacial score (nSPS) is 11.5. The molecule has 0 unspecified atom stereocenters. The highest BCUT2D eigenvalue weighted by Crippen LogP contribution is 2.25. The summed E-state index contributed by atoms with van der Waals surface area (Å²) in [7, 11) is 0. The molecule has 0 fully saturated rings. The summed E-state index contributed by atoms with van der Waals surface area (Å²) in [5, 5.41) is -3.29. The van der Waals surface area contributed by atoms with Gasteiger partial charge in [0.05, 0.1) is 0 Å². The zero-order valence-corrected chi connectivity index (χ0v) is 9.02. The highest BCUT2D eigenvalue weighted by molar-refractivity contribution is 6.21. The van der Waals surface area contributed by atoms with Gasteiger partial charge >= 0.3 is 5.38 Å². The van der Waals surface area contributed by atoms with Gasteiger partial charge in [0.15, 0.2) is 5.78 Å². The van der Waals surface area contributed by atoms with Crippen LogP contribution in [0.2, 0.25) is 0 Å². The van der Waals surface area contributed by atoms with Crippen LogP contribution in [0.25, 0.3) is 0 Å². The van der Waals surface area contributed by atoms with Crippen LogP contribution in [-0.4, -0.2) is 11.2 Å². The van der Waals surface area contributed by atoms with Gasteiger partial charge in [0.1, 0.15) is 0 Å². The molecule has 4 heteroatoms. The first kappa shape index (κ1) is 12.1. The molecular formula is C11H11ClF2O. The molecule has 0 bridgehead atoms. The Morgan fingerprint density at radius 2 is 1.87 bits per heavy atom. The average Bonchev–Trinajstić information content (AvgIpc) is 2.14. The summed E-state index contributed by atoms with van der Waals surface area (Å²) >= 11 is 4.70. The highest BCUT2D eigenvalue weighted by Gasteiger charge is 2.25. The number of rotatable bonds is 4. The first-order chi connectivity index (χ1) is 6.88. The van der Waals surface area contributed by atoms with Gasteiger partial charge in [0.2, 0.25) is 0 Å². The van der Waals surface area contributed by atoms with Gasteiger partial charge in [-0.1, -0.05) is 29.8 Å². The standard InChI is InChI=1S/C11H11ClF2O/c1-8-2-4-9(5-3-8)10(15)6-7-11(12,13)14/h2-5H,6-7H2,1H3. The van der Waals surface area contributed by atoms with Crippen molar-refractivity contribution in [1.82, 2.24) is 0 Å². The Morgan fingerprint density at radius 1 is 1.33 bits per heavy atom. The Labute approximate surface area is 92.1 Å². The molecule has 0 spiro atoms. The molecule has 1 aromatic rings. The van der Waals surface area contributed by atoms with E-state index in [-0.39, 0.29) is 12.2 Å². The number of Topliss-reactive ketones (excluding diaryl/α,β-unsaturated/α-hetero) is 1. The van der Waals surface area contributed by atoms with Crippen molar-refractivity contribution < 1.29 is 13.6 Å². The molecule has 0 aliphatic rings. The molecule has 0 radical (unpaired) electrons. The predicted molar refractivity (Wildman–Crippen MR) is 55.5 cm³/mol. The molecular weight excluding hydrogens is 222 g/mol. The van der Waals surface area contributed by atoms with Crippen molar-refractivity contribution in [2.24, 2.45) is 0 Å². The molecule has 82 valence electrons. The Kier molecular flexibility index (Phi) is 3.80. The maximum Gasteiger partial charge on any atom is 0.322 e. The molecule has 0 aliphatic heterocycles. The van der Waals surface area contributed by atoms with Gasteiger partial charge in [0, 0.05) is 18.4 Å². The molecule has 1 rings (SSSR count). The average molecular weight is 233 g/mol. The molecule has 0 heterocycles. The zero-order valence-electron chi connectivity index (χ0n) is 8.27. The summed E-state index contributed by atoms with van der Waals surface area (Å²) in [4.78, 5) is 11.4. The lowest BCUT2D eigenvalue weighted by atomic mass is 10.1. The Morgan fingerprint density at radius 3 is 2.33 bits per heavy atom. The monoisotopic (exact) mass is 232 g/mol. The Balaban J connectivity index is 2.58. The van der Waals surface area contributed by atoms with E-state index in [0.29, 0.717) is 5.56 Å². The number of carbonyl (C=O) groups is 1. The smallest absolute Gasteiger partial charge is 0.294 e. The van der Waals surface area contributed by atoms with Crippen LogP contribution in [0.3, 0.4) is 0 Å².